The van der Waals surface area contributed by atoms with Crippen molar-refractivity contribution in [2.24, 2.45) is 17.6 Å². The zero-order chi connectivity index (χ0) is 11.4. The topological polar surface area (TPSA) is 35.2 Å². The summed E-state index contributed by atoms with van der Waals surface area (Å²) >= 11 is 0. The van der Waals surface area contributed by atoms with E-state index in [2.05, 4.69) is 6.92 Å². The van der Waals surface area contributed by atoms with Crippen molar-refractivity contribution in [2.45, 2.75) is 70.5 Å². The Hall–Kier alpha value is -0.0800. The number of ether oxygens (including phenoxy) is 1. The fourth-order valence-corrected chi connectivity index (χ4v) is 3.37. The first-order valence-corrected chi connectivity index (χ1v) is 7.15. The van der Waals surface area contributed by atoms with Gasteiger partial charge < -0.3 is 10.5 Å². The second-order valence-electron chi connectivity index (χ2n) is 5.85. The van der Waals surface area contributed by atoms with Gasteiger partial charge in [-0.1, -0.05) is 32.6 Å². The summed E-state index contributed by atoms with van der Waals surface area (Å²) in [4.78, 5) is 0. The summed E-state index contributed by atoms with van der Waals surface area (Å²) in [6, 6.07) is 0. The SMILES string of the molecule is CC1CCCC(OC2CCCCC2CN)C1. The summed E-state index contributed by atoms with van der Waals surface area (Å²) in [5.41, 5.74) is 5.85. The average molecular weight is 225 g/mol. The van der Waals surface area contributed by atoms with Crippen molar-refractivity contribution in [3.05, 3.63) is 0 Å². The van der Waals surface area contributed by atoms with Crippen LogP contribution in [0.5, 0.6) is 0 Å². The van der Waals surface area contributed by atoms with Gasteiger partial charge in [0, 0.05) is 0 Å². The van der Waals surface area contributed by atoms with E-state index in [1.807, 2.05) is 0 Å². The van der Waals surface area contributed by atoms with E-state index < -0.39 is 0 Å². The lowest BCUT2D eigenvalue weighted by Crippen LogP contribution is -2.37. The lowest BCUT2D eigenvalue weighted by atomic mass is 9.85. The van der Waals surface area contributed by atoms with Crippen molar-refractivity contribution >= 4 is 0 Å². The monoisotopic (exact) mass is 225 g/mol. The number of nitrogens with two attached hydrogens (primary N) is 1. The van der Waals surface area contributed by atoms with Gasteiger partial charge in [-0.15, -0.1) is 0 Å². The first-order valence-electron chi connectivity index (χ1n) is 7.15. The Morgan fingerprint density at radius 1 is 1.06 bits per heavy atom. The van der Waals surface area contributed by atoms with Crippen LogP contribution in [0, 0.1) is 11.8 Å². The zero-order valence-electron chi connectivity index (χ0n) is 10.7. The maximum Gasteiger partial charge on any atom is 0.0619 e. The van der Waals surface area contributed by atoms with E-state index in [1.54, 1.807) is 0 Å². The zero-order valence-corrected chi connectivity index (χ0v) is 10.7. The lowest BCUT2D eigenvalue weighted by molar-refractivity contribution is -0.0765. The highest BCUT2D eigenvalue weighted by atomic mass is 16.5. The molecule has 0 bridgehead atoms. The molecule has 0 heterocycles. The summed E-state index contributed by atoms with van der Waals surface area (Å²) in [7, 11) is 0. The molecule has 2 nitrogen and oxygen atoms in total. The maximum atomic E-state index is 6.33. The van der Waals surface area contributed by atoms with Crippen LogP contribution in [0.3, 0.4) is 0 Å². The van der Waals surface area contributed by atoms with E-state index >= 15 is 0 Å². The standard InChI is InChI=1S/C14H27NO/c1-11-5-4-7-13(9-11)16-14-8-3-2-6-12(14)10-15/h11-14H,2-10,15H2,1H3. The number of rotatable bonds is 3. The van der Waals surface area contributed by atoms with Gasteiger partial charge in [-0.05, 0) is 44.1 Å². The minimum absolute atomic E-state index is 0.467. The predicted octanol–water partition coefficient (Wildman–Crippen LogP) is 3.10. The molecule has 2 aliphatic carbocycles. The quantitative estimate of drug-likeness (QED) is 0.801. The summed E-state index contributed by atoms with van der Waals surface area (Å²) < 4.78 is 6.33. The van der Waals surface area contributed by atoms with Gasteiger partial charge in [-0.3, -0.25) is 0 Å². The molecule has 2 aliphatic rings. The largest absolute Gasteiger partial charge is 0.375 e. The highest BCUT2D eigenvalue weighted by Gasteiger charge is 2.29. The second kappa shape index (κ2) is 6.02. The van der Waals surface area contributed by atoms with Gasteiger partial charge >= 0.3 is 0 Å². The minimum Gasteiger partial charge on any atom is -0.375 e. The molecular weight excluding hydrogens is 198 g/mol. The molecule has 4 unspecified atom stereocenters. The third kappa shape index (κ3) is 3.21. The van der Waals surface area contributed by atoms with Gasteiger partial charge in [0.2, 0.25) is 0 Å². The lowest BCUT2D eigenvalue weighted by Gasteiger charge is -2.36. The Kier molecular flexibility index (Phi) is 4.66. The molecule has 0 saturated heterocycles. The molecule has 2 N–H and O–H groups in total. The smallest absolute Gasteiger partial charge is 0.0619 e. The molecule has 2 heteroatoms. The van der Waals surface area contributed by atoms with Gasteiger partial charge in [0.1, 0.15) is 0 Å². The highest BCUT2D eigenvalue weighted by molar-refractivity contribution is 4.79. The van der Waals surface area contributed by atoms with Crippen LogP contribution in [0.2, 0.25) is 0 Å². The van der Waals surface area contributed by atoms with Crippen LogP contribution in [0.1, 0.15) is 58.3 Å². The molecule has 0 aromatic carbocycles. The molecule has 0 spiro atoms. The molecule has 4 atom stereocenters. The molecule has 16 heavy (non-hydrogen) atoms. The molecule has 0 amide bonds. The Balaban J connectivity index is 1.82. The van der Waals surface area contributed by atoms with Crippen molar-refractivity contribution in [1.29, 1.82) is 0 Å². The predicted molar refractivity (Wildman–Crippen MR) is 67.3 cm³/mol. The summed E-state index contributed by atoms with van der Waals surface area (Å²) in [6.07, 6.45) is 11.5. The van der Waals surface area contributed by atoms with E-state index in [0.717, 1.165) is 12.5 Å². The molecular formula is C14H27NO. The van der Waals surface area contributed by atoms with Gasteiger partial charge in [-0.2, -0.15) is 0 Å². The summed E-state index contributed by atoms with van der Waals surface area (Å²) in [5.74, 6) is 1.49. The van der Waals surface area contributed by atoms with Crippen molar-refractivity contribution in [2.75, 3.05) is 6.54 Å². The van der Waals surface area contributed by atoms with Crippen molar-refractivity contribution in [3.8, 4) is 0 Å². The summed E-state index contributed by atoms with van der Waals surface area (Å²) in [6.45, 7) is 3.17. The van der Waals surface area contributed by atoms with E-state index in [4.69, 9.17) is 10.5 Å². The molecule has 0 radical (unpaired) electrons. The normalized spacial score (nSPS) is 40.9. The van der Waals surface area contributed by atoms with Crippen molar-refractivity contribution in [3.63, 3.8) is 0 Å². The molecule has 0 aliphatic heterocycles. The van der Waals surface area contributed by atoms with Crippen molar-refractivity contribution < 1.29 is 4.74 Å². The van der Waals surface area contributed by atoms with Crippen LogP contribution in [0.15, 0.2) is 0 Å². The van der Waals surface area contributed by atoms with Crippen LogP contribution >= 0.6 is 0 Å². The highest BCUT2D eigenvalue weighted by Crippen LogP contribution is 2.32. The van der Waals surface area contributed by atoms with Crippen LogP contribution in [-0.4, -0.2) is 18.8 Å². The van der Waals surface area contributed by atoms with E-state index in [0.29, 0.717) is 18.1 Å². The van der Waals surface area contributed by atoms with Crippen molar-refractivity contribution in [1.82, 2.24) is 0 Å². The number of hydrogen-bond acceptors (Lipinski definition) is 2. The molecule has 0 aromatic rings. The van der Waals surface area contributed by atoms with Gasteiger partial charge in [-0.25, -0.2) is 0 Å². The molecule has 94 valence electrons. The first-order chi connectivity index (χ1) is 7.79. The Morgan fingerprint density at radius 2 is 1.88 bits per heavy atom. The van der Waals surface area contributed by atoms with Gasteiger partial charge in [0.25, 0.3) is 0 Å². The fraction of sp³-hybridized carbons (Fsp3) is 1.00. The Bertz CT molecular complexity index is 207. The summed E-state index contributed by atoms with van der Waals surface area (Å²) in [5, 5.41) is 0. The van der Waals surface area contributed by atoms with Gasteiger partial charge in [0.15, 0.2) is 0 Å². The first kappa shape index (κ1) is 12.4. The van der Waals surface area contributed by atoms with Crippen LogP contribution in [0.25, 0.3) is 0 Å². The van der Waals surface area contributed by atoms with Crippen LogP contribution in [-0.2, 0) is 4.74 Å². The third-order valence-electron chi connectivity index (χ3n) is 4.40. The Morgan fingerprint density at radius 3 is 2.62 bits per heavy atom. The Labute approximate surface area is 99.9 Å². The molecule has 2 saturated carbocycles. The molecule has 2 rings (SSSR count). The van der Waals surface area contributed by atoms with E-state index in [9.17, 15) is 0 Å². The number of hydrogen-bond donors (Lipinski definition) is 1. The fourth-order valence-electron chi connectivity index (χ4n) is 3.37. The average Bonchev–Trinajstić information content (AvgIpc) is 2.30. The van der Waals surface area contributed by atoms with E-state index in [-0.39, 0.29) is 0 Å². The van der Waals surface area contributed by atoms with E-state index in [1.165, 1.54) is 51.4 Å². The molecule has 2 fully saturated rings. The minimum atomic E-state index is 0.467. The van der Waals surface area contributed by atoms with Gasteiger partial charge in [0.05, 0.1) is 12.2 Å². The van der Waals surface area contributed by atoms with Crippen LogP contribution in [0.4, 0.5) is 0 Å². The molecule has 0 aromatic heterocycles. The maximum absolute atomic E-state index is 6.33. The third-order valence-corrected chi connectivity index (χ3v) is 4.40. The second-order valence-corrected chi connectivity index (χ2v) is 5.85. The van der Waals surface area contributed by atoms with Crippen LogP contribution < -0.4 is 5.73 Å².